The van der Waals surface area contributed by atoms with E-state index in [1.165, 1.54) is 12.1 Å². The minimum absolute atomic E-state index is 0.298. The Morgan fingerprint density at radius 2 is 1.62 bits per heavy atom. The summed E-state index contributed by atoms with van der Waals surface area (Å²) in [7, 11) is -0.608. The van der Waals surface area contributed by atoms with Crippen molar-refractivity contribution in [2.45, 2.75) is 58.2 Å². The van der Waals surface area contributed by atoms with Crippen LogP contribution in [-0.2, 0) is 4.74 Å². The van der Waals surface area contributed by atoms with Crippen LogP contribution < -0.4 is 4.43 Å². The normalized spacial score (nSPS) is 12.7. The lowest BCUT2D eigenvalue weighted by Gasteiger charge is -2.42. The quantitative estimate of drug-likeness (QED) is 0.406. The average molecular weight is 376 g/mol. The zero-order chi connectivity index (χ0) is 19.5. The third-order valence-corrected chi connectivity index (χ3v) is 11.1. The van der Waals surface area contributed by atoms with E-state index in [-0.39, 0.29) is 5.82 Å². The highest BCUT2D eigenvalue weighted by Gasteiger charge is 2.47. The maximum atomic E-state index is 14.3. The third-order valence-electron chi connectivity index (χ3n) is 5.11. The SMILES string of the molecule is COC=Cc1ccc2cc(F)cc(O[Si](C(C)C)(C(C)C)C(C)C)c2n1. The molecule has 0 aliphatic carbocycles. The predicted octanol–water partition coefficient (Wildman–Crippen LogP) is 6.55. The molecule has 0 atom stereocenters. The molecule has 2 aromatic rings. The van der Waals surface area contributed by atoms with Crippen molar-refractivity contribution in [3.05, 3.63) is 42.0 Å². The maximum Gasteiger partial charge on any atom is 0.258 e. The predicted molar refractivity (Wildman–Crippen MR) is 109 cm³/mol. The molecule has 26 heavy (non-hydrogen) atoms. The molecule has 0 N–H and O–H groups in total. The van der Waals surface area contributed by atoms with Crippen molar-refractivity contribution >= 4 is 25.3 Å². The Kier molecular flexibility index (Phi) is 6.45. The summed E-state index contributed by atoms with van der Waals surface area (Å²) in [6, 6.07) is 6.70. The number of benzene rings is 1. The number of hydrogen-bond donors (Lipinski definition) is 0. The van der Waals surface area contributed by atoms with Crippen molar-refractivity contribution in [2.24, 2.45) is 0 Å². The molecule has 0 unspecified atom stereocenters. The molecule has 0 saturated carbocycles. The van der Waals surface area contributed by atoms with E-state index in [9.17, 15) is 4.39 Å². The van der Waals surface area contributed by atoms with Crippen LogP contribution in [-0.4, -0.2) is 20.4 Å². The molecule has 1 heterocycles. The number of halogens is 1. The van der Waals surface area contributed by atoms with Crippen LogP contribution in [0.2, 0.25) is 16.6 Å². The monoisotopic (exact) mass is 375 g/mol. The van der Waals surface area contributed by atoms with Crippen molar-refractivity contribution in [1.29, 1.82) is 0 Å². The van der Waals surface area contributed by atoms with Gasteiger partial charge in [0.15, 0.2) is 0 Å². The molecule has 1 aromatic carbocycles. The molecular weight excluding hydrogens is 345 g/mol. The Bertz CT molecular complexity index is 765. The highest BCUT2D eigenvalue weighted by Crippen LogP contribution is 2.44. The molecular formula is C21H30FNO2Si. The second-order valence-electron chi connectivity index (χ2n) is 7.67. The smallest absolute Gasteiger partial charge is 0.258 e. The number of hydrogen-bond acceptors (Lipinski definition) is 3. The summed E-state index contributed by atoms with van der Waals surface area (Å²) >= 11 is 0. The van der Waals surface area contributed by atoms with E-state index in [2.05, 4.69) is 46.5 Å². The second kappa shape index (κ2) is 8.21. The number of rotatable bonds is 7. The Morgan fingerprint density at radius 1 is 1.00 bits per heavy atom. The number of nitrogens with zero attached hydrogens (tertiary/aromatic N) is 1. The number of aromatic nitrogens is 1. The summed E-state index contributed by atoms with van der Waals surface area (Å²) < 4.78 is 26.0. The van der Waals surface area contributed by atoms with E-state index < -0.39 is 8.32 Å². The maximum absolute atomic E-state index is 14.3. The molecule has 5 heteroatoms. The summed E-state index contributed by atoms with van der Waals surface area (Å²) in [5.74, 6) is 0.254. The fraction of sp³-hybridized carbons (Fsp3) is 0.476. The molecule has 0 fully saturated rings. The molecule has 0 spiro atoms. The van der Waals surface area contributed by atoms with Crippen LogP contribution in [0.5, 0.6) is 5.75 Å². The summed E-state index contributed by atoms with van der Waals surface area (Å²) in [4.78, 5) is 4.68. The van der Waals surface area contributed by atoms with Crippen LogP contribution >= 0.6 is 0 Å². The van der Waals surface area contributed by atoms with Crippen LogP contribution in [0.4, 0.5) is 4.39 Å². The fourth-order valence-corrected chi connectivity index (χ4v) is 9.28. The first-order valence-electron chi connectivity index (χ1n) is 9.21. The molecule has 3 nitrogen and oxygen atoms in total. The van der Waals surface area contributed by atoms with Gasteiger partial charge in [0.25, 0.3) is 8.32 Å². The standard InChI is InChI=1S/C21H30FNO2Si/c1-14(2)26(15(3)4,16(5)6)25-20-13-18(22)12-17-8-9-19(10-11-24-7)23-21(17)20/h8-16H,1-7H3. The van der Waals surface area contributed by atoms with Gasteiger partial charge >= 0.3 is 0 Å². The minimum atomic E-state index is -2.20. The van der Waals surface area contributed by atoms with Crippen LogP contribution in [0.1, 0.15) is 47.2 Å². The first-order chi connectivity index (χ1) is 12.2. The lowest BCUT2D eigenvalue weighted by molar-refractivity contribution is 0.341. The molecule has 0 bridgehead atoms. The largest absolute Gasteiger partial charge is 0.541 e. The van der Waals surface area contributed by atoms with Crippen LogP contribution in [0.25, 0.3) is 17.0 Å². The minimum Gasteiger partial charge on any atom is -0.541 e. The van der Waals surface area contributed by atoms with Gasteiger partial charge in [0.05, 0.1) is 19.1 Å². The van der Waals surface area contributed by atoms with Crippen LogP contribution in [0, 0.1) is 5.82 Å². The summed E-state index contributed by atoms with van der Waals surface area (Å²) in [5, 5.41) is 0.744. The van der Waals surface area contributed by atoms with Crippen LogP contribution in [0.15, 0.2) is 30.5 Å². The zero-order valence-corrected chi connectivity index (χ0v) is 17.8. The highest BCUT2D eigenvalue weighted by atomic mass is 28.4. The van der Waals surface area contributed by atoms with Crippen LogP contribution in [0.3, 0.4) is 0 Å². The molecule has 0 aliphatic heterocycles. The second-order valence-corrected chi connectivity index (χ2v) is 13.0. The number of pyridine rings is 1. The summed E-state index contributed by atoms with van der Waals surface area (Å²) in [6.07, 6.45) is 3.36. The number of fused-ring (bicyclic) bond motifs is 1. The summed E-state index contributed by atoms with van der Waals surface area (Å²) in [6.45, 7) is 13.3. The van der Waals surface area contributed by atoms with E-state index in [1.54, 1.807) is 19.4 Å². The van der Waals surface area contributed by atoms with E-state index >= 15 is 0 Å². The first kappa shape index (κ1) is 20.4. The Hall–Kier alpha value is -1.88. The van der Waals surface area contributed by atoms with Crippen molar-refractivity contribution < 1.29 is 13.6 Å². The molecule has 0 aliphatic rings. The molecule has 1 aromatic heterocycles. The van der Waals surface area contributed by atoms with E-state index in [4.69, 9.17) is 9.16 Å². The van der Waals surface area contributed by atoms with Gasteiger partial charge < -0.3 is 9.16 Å². The molecule has 0 radical (unpaired) electrons. The number of methoxy groups -OCH3 is 1. The highest BCUT2D eigenvalue weighted by molar-refractivity contribution is 6.78. The van der Waals surface area contributed by atoms with E-state index in [1.807, 2.05) is 12.1 Å². The Balaban J connectivity index is 2.64. The average Bonchev–Trinajstić information content (AvgIpc) is 2.56. The summed E-state index contributed by atoms with van der Waals surface area (Å²) in [5.41, 5.74) is 2.65. The van der Waals surface area contributed by atoms with Gasteiger partial charge in [0, 0.05) is 11.5 Å². The van der Waals surface area contributed by atoms with Gasteiger partial charge in [0.2, 0.25) is 0 Å². The van der Waals surface area contributed by atoms with Crippen molar-refractivity contribution in [1.82, 2.24) is 4.98 Å². The van der Waals surface area contributed by atoms with Gasteiger partial charge in [0.1, 0.15) is 17.1 Å². The fourth-order valence-electron chi connectivity index (χ4n) is 4.04. The van der Waals surface area contributed by atoms with Crippen molar-refractivity contribution in [3.63, 3.8) is 0 Å². The lowest BCUT2D eigenvalue weighted by Crippen LogP contribution is -2.50. The van der Waals surface area contributed by atoms with Gasteiger partial charge in [-0.1, -0.05) is 47.6 Å². The van der Waals surface area contributed by atoms with Gasteiger partial charge in [-0.2, -0.15) is 0 Å². The first-order valence-corrected chi connectivity index (χ1v) is 11.3. The molecule has 142 valence electrons. The van der Waals surface area contributed by atoms with Gasteiger partial charge in [-0.3, -0.25) is 0 Å². The van der Waals surface area contributed by atoms with Gasteiger partial charge in [-0.25, -0.2) is 9.37 Å². The number of ether oxygens (including phenoxy) is 1. The Morgan fingerprint density at radius 3 is 2.15 bits per heavy atom. The van der Waals surface area contributed by atoms with Crippen molar-refractivity contribution in [2.75, 3.05) is 7.11 Å². The zero-order valence-electron chi connectivity index (χ0n) is 16.8. The van der Waals surface area contributed by atoms with Gasteiger partial charge in [-0.15, -0.1) is 0 Å². The van der Waals surface area contributed by atoms with Crippen molar-refractivity contribution in [3.8, 4) is 5.75 Å². The molecule has 0 amide bonds. The van der Waals surface area contributed by atoms with Gasteiger partial charge in [-0.05, 0) is 34.8 Å². The topological polar surface area (TPSA) is 31.4 Å². The Labute approximate surface area is 157 Å². The lowest BCUT2D eigenvalue weighted by atomic mass is 10.2. The van der Waals surface area contributed by atoms with E-state index in [0.29, 0.717) is 27.9 Å². The molecule has 0 saturated heterocycles. The van der Waals surface area contributed by atoms with E-state index in [0.717, 1.165) is 11.1 Å². The third kappa shape index (κ3) is 3.93. The molecule has 2 rings (SSSR count).